The van der Waals surface area contributed by atoms with Crippen LogP contribution in [0.5, 0.6) is 0 Å². The van der Waals surface area contributed by atoms with Gasteiger partial charge in [0.2, 0.25) is 0 Å². The van der Waals surface area contributed by atoms with Gasteiger partial charge in [0.1, 0.15) is 35.4 Å². The number of nitrogens with zero attached hydrogens (tertiary/aromatic N) is 7. The highest BCUT2D eigenvalue weighted by molar-refractivity contribution is 5.79. The summed E-state index contributed by atoms with van der Waals surface area (Å²) in [6, 6.07) is 6.36. The van der Waals surface area contributed by atoms with Crippen LogP contribution in [0.15, 0.2) is 53.8 Å². The smallest absolute Gasteiger partial charge is 0.277 e. The van der Waals surface area contributed by atoms with E-state index < -0.39 is 27.7 Å². The average molecular weight is 443 g/mol. The van der Waals surface area contributed by atoms with Crippen molar-refractivity contribution in [1.29, 1.82) is 0 Å². The van der Waals surface area contributed by atoms with Crippen LogP contribution in [-0.4, -0.2) is 39.8 Å². The summed E-state index contributed by atoms with van der Waals surface area (Å²) in [5.41, 5.74) is -2.90. The molecule has 0 bridgehead atoms. The number of nitro benzene ring substituents is 1. The van der Waals surface area contributed by atoms with E-state index in [2.05, 4.69) is 20.4 Å². The fraction of sp³-hybridized carbons (Fsp3) is 0.211. The second-order valence-electron chi connectivity index (χ2n) is 7.08. The third-order valence-corrected chi connectivity index (χ3v) is 4.98. The Morgan fingerprint density at radius 2 is 2.00 bits per heavy atom. The minimum atomic E-state index is -1.91. The second-order valence-corrected chi connectivity index (χ2v) is 7.08. The molecule has 0 aliphatic rings. The molecule has 32 heavy (non-hydrogen) atoms. The number of aliphatic hydroxyl groups is 1. The topological polar surface area (TPSA) is 142 Å². The number of aromatic nitrogens is 6. The van der Waals surface area contributed by atoms with E-state index in [-0.39, 0.29) is 41.7 Å². The lowest BCUT2D eigenvalue weighted by atomic mass is 9.89. The molecule has 2 aromatic heterocycles. The summed E-state index contributed by atoms with van der Waals surface area (Å²) in [5, 5.41) is 33.9. The molecule has 0 aliphatic carbocycles. The van der Waals surface area contributed by atoms with E-state index in [4.69, 9.17) is 0 Å². The largest absolute Gasteiger partial charge is 0.383 e. The lowest BCUT2D eigenvalue weighted by Gasteiger charge is -2.29. The molecule has 0 spiro atoms. The van der Waals surface area contributed by atoms with Crippen molar-refractivity contribution in [2.45, 2.75) is 25.1 Å². The van der Waals surface area contributed by atoms with Crippen LogP contribution in [0.2, 0.25) is 0 Å². The van der Waals surface area contributed by atoms with Gasteiger partial charge in [-0.2, -0.15) is 5.10 Å². The maximum atomic E-state index is 14.5. The first-order chi connectivity index (χ1) is 15.3. The predicted octanol–water partition coefficient (Wildman–Crippen LogP) is 1.55. The first-order valence-corrected chi connectivity index (χ1v) is 9.29. The van der Waals surface area contributed by atoms with E-state index >= 15 is 0 Å². The number of nitro groups is 1. The predicted molar refractivity (Wildman–Crippen MR) is 105 cm³/mol. The monoisotopic (exact) mass is 443 g/mol. The third-order valence-electron chi connectivity index (χ3n) is 4.98. The van der Waals surface area contributed by atoms with Crippen LogP contribution in [0.4, 0.5) is 14.5 Å². The fourth-order valence-electron chi connectivity index (χ4n) is 3.36. The van der Waals surface area contributed by atoms with Gasteiger partial charge in [0, 0.05) is 36.7 Å². The van der Waals surface area contributed by atoms with E-state index in [0.717, 1.165) is 22.9 Å². The molecular weight excluding hydrogens is 428 g/mol. The van der Waals surface area contributed by atoms with Crippen LogP contribution in [0.25, 0.3) is 10.9 Å². The van der Waals surface area contributed by atoms with Crippen LogP contribution < -0.4 is 5.56 Å². The summed E-state index contributed by atoms with van der Waals surface area (Å²) in [7, 11) is 0. The SMILES string of the molecule is O=c1c2cc([N+](=O)[O-])ccc2nnn1CCC(O)(Cn1cncn1)c1ccc(F)cc1F. The summed E-state index contributed by atoms with van der Waals surface area (Å²) in [6.07, 6.45) is 2.31. The average Bonchev–Trinajstić information content (AvgIpc) is 3.25. The summed E-state index contributed by atoms with van der Waals surface area (Å²) < 4.78 is 30.1. The van der Waals surface area contributed by atoms with Crippen LogP contribution in [0.3, 0.4) is 0 Å². The minimum absolute atomic E-state index is 0.0259. The summed E-state index contributed by atoms with van der Waals surface area (Å²) in [5.74, 6) is -1.78. The number of rotatable bonds is 7. The van der Waals surface area contributed by atoms with Crippen molar-refractivity contribution in [3.63, 3.8) is 0 Å². The number of hydrogen-bond donors (Lipinski definition) is 1. The zero-order chi connectivity index (χ0) is 22.9. The van der Waals surface area contributed by atoms with E-state index in [0.29, 0.717) is 6.07 Å². The van der Waals surface area contributed by atoms with Crippen molar-refractivity contribution in [3.8, 4) is 0 Å². The number of hydrogen-bond acceptors (Lipinski definition) is 8. The molecule has 0 saturated carbocycles. The molecule has 11 nitrogen and oxygen atoms in total. The number of non-ortho nitro benzene ring substituents is 1. The lowest BCUT2D eigenvalue weighted by Crippen LogP contribution is -2.36. The normalized spacial score (nSPS) is 13.2. The summed E-state index contributed by atoms with van der Waals surface area (Å²) in [4.78, 5) is 26.9. The Bertz CT molecular complexity index is 1360. The zero-order valence-electron chi connectivity index (χ0n) is 16.3. The summed E-state index contributed by atoms with van der Waals surface area (Å²) in [6.45, 7) is -0.455. The molecule has 164 valence electrons. The first-order valence-electron chi connectivity index (χ1n) is 9.29. The summed E-state index contributed by atoms with van der Waals surface area (Å²) >= 11 is 0. The molecule has 1 atom stereocenters. The molecule has 4 aromatic rings. The van der Waals surface area contributed by atoms with Gasteiger partial charge in [-0.05, 0) is 12.1 Å². The van der Waals surface area contributed by atoms with E-state index in [1.165, 1.54) is 29.5 Å². The van der Waals surface area contributed by atoms with Crippen LogP contribution >= 0.6 is 0 Å². The number of fused-ring (bicyclic) bond motifs is 1. The van der Waals surface area contributed by atoms with Crippen molar-refractivity contribution >= 4 is 16.6 Å². The highest BCUT2D eigenvalue weighted by atomic mass is 19.1. The van der Waals surface area contributed by atoms with Crippen molar-refractivity contribution in [3.05, 3.63) is 86.7 Å². The molecule has 4 rings (SSSR count). The molecule has 0 aliphatic heterocycles. The number of halogens is 2. The van der Waals surface area contributed by atoms with Crippen LogP contribution in [-0.2, 0) is 18.7 Å². The standard InChI is InChI=1S/C19H15F2N7O4/c20-12-1-3-15(16(21)7-12)19(30,9-26-11-22-10-23-26)5-6-27-18(29)14-8-13(28(31)32)2-4-17(14)24-25-27/h1-4,7-8,10-11,30H,5-6,9H2. The quantitative estimate of drug-likeness (QED) is 0.335. The van der Waals surface area contributed by atoms with Gasteiger partial charge in [-0.15, -0.1) is 5.10 Å². The molecule has 0 saturated heterocycles. The molecule has 2 heterocycles. The van der Waals surface area contributed by atoms with Gasteiger partial charge >= 0.3 is 0 Å². The van der Waals surface area contributed by atoms with E-state index in [1.54, 1.807) is 0 Å². The van der Waals surface area contributed by atoms with Gasteiger partial charge < -0.3 is 5.11 Å². The maximum absolute atomic E-state index is 14.5. The Morgan fingerprint density at radius 3 is 2.69 bits per heavy atom. The van der Waals surface area contributed by atoms with Crippen molar-refractivity contribution in [2.75, 3.05) is 0 Å². The minimum Gasteiger partial charge on any atom is -0.383 e. The van der Waals surface area contributed by atoms with Gasteiger partial charge in [0.05, 0.1) is 16.9 Å². The molecule has 2 aromatic carbocycles. The Labute approximate surface area is 177 Å². The first kappa shape index (κ1) is 21.1. The molecule has 13 heteroatoms. The highest BCUT2D eigenvalue weighted by Crippen LogP contribution is 2.30. The number of benzene rings is 2. The maximum Gasteiger partial charge on any atom is 0.277 e. The zero-order valence-corrected chi connectivity index (χ0v) is 16.3. The molecule has 1 N–H and O–H groups in total. The Hall–Kier alpha value is -4.13. The highest BCUT2D eigenvalue weighted by Gasteiger charge is 2.33. The fourth-order valence-corrected chi connectivity index (χ4v) is 3.36. The number of aryl methyl sites for hydroxylation is 1. The second kappa shape index (κ2) is 8.19. The van der Waals surface area contributed by atoms with Crippen LogP contribution in [0, 0.1) is 21.7 Å². The molecule has 1 unspecified atom stereocenters. The third kappa shape index (κ3) is 4.05. The van der Waals surface area contributed by atoms with Crippen molar-refractivity contribution < 1.29 is 18.8 Å². The Kier molecular flexibility index (Phi) is 5.40. The van der Waals surface area contributed by atoms with Gasteiger partial charge in [-0.1, -0.05) is 11.3 Å². The molecule has 0 radical (unpaired) electrons. The molecular formula is C19H15F2N7O4. The van der Waals surface area contributed by atoms with Crippen molar-refractivity contribution in [2.24, 2.45) is 0 Å². The van der Waals surface area contributed by atoms with Gasteiger partial charge in [-0.3, -0.25) is 14.9 Å². The van der Waals surface area contributed by atoms with Gasteiger partial charge in [-0.25, -0.2) is 23.1 Å². The Morgan fingerprint density at radius 1 is 1.19 bits per heavy atom. The van der Waals surface area contributed by atoms with Gasteiger partial charge in [0.25, 0.3) is 11.2 Å². The van der Waals surface area contributed by atoms with Gasteiger partial charge in [0.15, 0.2) is 0 Å². The van der Waals surface area contributed by atoms with Crippen LogP contribution in [0.1, 0.15) is 12.0 Å². The lowest BCUT2D eigenvalue weighted by molar-refractivity contribution is -0.384. The van der Waals surface area contributed by atoms with E-state index in [1.807, 2.05) is 0 Å². The molecule has 0 amide bonds. The Balaban J connectivity index is 1.70. The van der Waals surface area contributed by atoms with Crippen molar-refractivity contribution in [1.82, 2.24) is 29.8 Å². The molecule has 0 fully saturated rings. The van der Waals surface area contributed by atoms with E-state index in [9.17, 15) is 28.8 Å².